The highest BCUT2D eigenvalue weighted by molar-refractivity contribution is 9.10. The molecule has 0 fully saturated rings. The third-order valence-corrected chi connectivity index (χ3v) is 5.17. The molecule has 18 heavy (non-hydrogen) atoms. The van der Waals surface area contributed by atoms with Crippen LogP contribution in [0.2, 0.25) is 25.7 Å². The van der Waals surface area contributed by atoms with Crippen molar-refractivity contribution in [2.24, 2.45) is 0 Å². The van der Waals surface area contributed by atoms with Gasteiger partial charge in [0.15, 0.2) is 6.79 Å². The van der Waals surface area contributed by atoms with Crippen molar-refractivity contribution < 1.29 is 9.47 Å². The molecule has 0 aromatic heterocycles. The first-order valence-electron chi connectivity index (χ1n) is 6.42. The fourth-order valence-corrected chi connectivity index (χ4v) is 2.94. The van der Waals surface area contributed by atoms with Crippen molar-refractivity contribution in [2.45, 2.75) is 39.0 Å². The van der Waals surface area contributed by atoms with Gasteiger partial charge in [-0.3, -0.25) is 0 Å². The van der Waals surface area contributed by atoms with E-state index < -0.39 is 8.07 Å². The highest BCUT2D eigenvalue weighted by atomic mass is 79.9. The van der Waals surface area contributed by atoms with E-state index in [1.807, 2.05) is 18.2 Å². The molecule has 0 saturated carbocycles. The van der Waals surface area contributed by atoms with Crippen LogP contribution in [0.4, 0.5) is 0 Å². The lowest BCUT2D eigenvalue weighted by Crippen LogP contribution is -2.22. The summed E-state index contributed by atoms with van der Waals surface area (Å²) in [6.45, 7) is 10.3. The first-order valence-corrected chi connectivity index (χ1v) is 10.9. The molecule has 102 valence electrons. The van der Waals surface area contributed by atoms with Gasteiger partial charge in [0.1, 0.15) is 5.75 Å². The van der Waals surface area contributed by atoms with E-state index in [0.717, 1.165) is 23.2 Å². The fraction of sp³-hybridized carbons (Fsp3) is 0.571. The van der Waals surface area contributed by atoms with Crippen molar-refractivity contribution in [3.05, 3.63) is 28.2 Å². The monoisotopic (exact) mass is 330 g/mol. The Morgan fingerprint density at radius 3 is 2.56 bits per heavy atom. The van der Waals surface area contributed by atoms with Crippen molar-refractivity contribution in [2.75, 3.05) is 13.4 Å². The molecule has 0 N–H and O–H groups in total. The van der Waals surface area contributed by atoms with Gasteiger partial charge < -0.3 is 9.47 Å². The van der Waals surface area contributed by atoms with E-state index in [2.05, 4.69) is 42.5 Å². The van der Waals surface area contributed by atoms with E-state index in [4.69, 9.17) is 9.47 Å². The molecule has 1 aromatic rings. The van der Waals surface area contributed by atoms with Gasteiger partial charge in [-0.05, 0) is 24.6 Å². The van der Waals surface area contributed by atoms with E-state index in [-0.39, 0.29) is 0 Å². The molecule has 0 aliphatic carbocycles. The van der Waals surface area contributed by atoms with Gasteiger partial charge in [-0.2, -0.15) is 0 Å². The van der Waals surface area contributed by atoms with Gasteiger partial charge in [-0.15, -0.1) is 0 Å². The van der Waals surface area contributed by atoms with Gasteiger partial charge in [0.2, 0.25) is 0 Å². The molecule has 0 amide bonds. The minimum absolute atomic E-state index is 0.341. The van der Waals surface area contributed by atoms with Crippen LogP contribution in [-0.2, 0) is 11.2 Å². The highest BCUT2D eigenvalue weighted by Gasteiger charge is 2.12. The molecule has 0 saturated heterocycles. The van der Waals surface area contributed by atoms with Crippen LogP contribution in [0.3, 0.4) is 0 Å². The summed E-state index contributed by atoms with van der Waals surface area (Å²) in [6, 6.07) is 7.19. The Morgan fingerprint density at radius 1 is 1.22 bits per heavy atom. The van der Waals surface area contributed by atoms with Crippen LogP contribution in [0, 0.1) is 0 Å². The highest BCUT2D eigenvalue weighted by Crippen LogP contribution is 2.27. The minimum Gasteiger partial charge on any atom is -0.467 e. The van der Waals surface area contributed by atoms with Crippen LogP contribution in [0.15, 0.2) is 22.7 Å². The van der Waals surface area contributed by atoms with Gasteiger partial charge in [-0.1, -0.05) is 48.6 Å². The summed E-state index contributed by atoms with van der Waals surface area (Å²) in [4.78, 5) is 0. The Kier molecular flexibility index (Phi) is 6.39. The second kappa shape index (κ2) is 7.31. The average molecular weight is 331 g/mol. The standard InChI is InChI=1S/C14H23BrO2Si/c1-5-12-13(15)7-6-8-14(12)17-11-16-9-10-18(2,3)4/h6-8H,5,9-11H2,1-4H3. The molecule has 0 aliphatic heterocycles. The number of halogens is 1. The predicted octanol–water partition coefficient (Wildman–Crippen LogP) is 4.70. The molecule has 0 bridgehead atoms. The zero-order valence-corrected chi connectivity index (χ0v) is 14.3. The summed E-state index contributed by atoms with van der Waals surface area (Å²) in [5.41, 5.74) is 1.20. The van der Waals surface area contributed by atoms with Crippen LogP contribution in [0.25, 0.3) is 0 Å². The maximum atomic E-state index is 5.69. The topological polar surface area (TPSA) is 18.5 Å². The summed E-state index contributed by atoms with van der Waals surface area (Å²) in [6.07, 6.45) is 0.950. The van der Waals surface area contributed by atoms with Crippen LogP contribution in [0.5, 0.6) is 5.75 Å². The number of benzene rings is 1. The molecule has 0 atom stereocenters. The van der Waals surface area contributed by atoms with E-state index >= 15 is 0 Å². The Labute approximate surface area is 120 Å². The SMILES string of the molecule is CCc1c(Br)cccc1OCOCC[Si](C)(C)C. The normalized spacial score (nSPS) is 11.6. The van der Waals surface area contributed by atoms with Gasteiger partial charge >= 0.3 is 0 Å². The Bertz CT molecular complexity index is 375. The predicted molar refractivity (Wildman–Crippen MR) is 83.1 cm³/mol. The Hall–Kier alpha value is -0.323. The summed E-state index contributed by atoms with van der Waals surface area (Å²) in [5.74, 6) is 0.917. The molecule has 2 nitrogen and oxygen atoms in total. The summed E-state index contributed by atoms with van der Waals surface area (Å²) < 4.78 is 12.3. The second-order valence-corrected chi connectivity index (χ2v) is 12.0. The summed E-state index contributed by atoms with van der Waals surface area (Å²) in [7, 11) is -1.00. The van der Waals surface area contributed by atoms with E-state index in [0.29, 0.717) is 6.79 Å². The van der Waals surface area contributed by atoms with Crippen LogP contribution >= 0.6 is 15.9 Å². The molecule has 0 spiro atoms. The minimum atomic E-state index is -1.00. The Morgan fingerprint density at radius 2 is 1.94 bits per heavy atom. The number of rotatable bonds is 7. The third kappa shape index (κ3) is 5.55. The molecule has 0 aliphatic rings. The first kappa shape index (κ1) is 15.7. The van der Waals surface area contributed by atoms with Crippen LogP contribution in [0.1, 0.15) is 12.5 Å². The van der Waals surface area contributed by atoms with Crippen LogP contribution < -0.4 is 4.74 Å². The zero-order chi connectivity index (χ0) is 13.6. The van der Waals surface area contributed by atoms with E-state index in [1.54, 1.807) is 0 Å². The number of ether oxygens (including phenoxy) is 2. The molecule has 0 unspecified atom stereocenters. The van der Waals surface area contributed by atoms with Gasteiger partial charge in [0.05, 0.1) is 0 Å². The quantitative estimate of drug-likeness (QED) is 0.409. The molecular weight excluding hydrogens is 308 g/mol. The molecule has 0 heterocycles. The Balaban J connectivity index is 2.38. The first-order chi connectivity index (χ1) is 8.44. The van der Waals surface area contributed by atoms with Gasteiger partial charge in [0, 0.05) is 24.7 Å². The number of hydrogen-bond donors (Lipinski definition) is 0. The lowest BCUT2D eigenvalue weighted by Gasteiger charge is -2.16. The smallest absolute Gasteiger partial charge is 0.189 e. The van der Waals surface area contributed by atoms with Gasteiger partial charge in [0.25, 0.3) is 0 Å². The van der Waals surface area contributed by atoms with E-state index in [1.165, 1.54) is 11.6 Å². The van der Waals surface area contributed by atoms with Crippen molar-refractivity contribution in [1.29, 1.82) is 0 Å². The van der Waals surface area contributed by atoms with Gasteiger partial charge in [-0.25, -0.2) is 0 Å². The largest absolute Gasteiger partial charge is 0.467 e. The lowest BCUT2D eigenvalue weighted by atomic mass is 10.1. The second-order valence-electron chi connectivity index (χ2n) is 5.55. The van der Waals surface area contributed by atoms with Crippen molar-refractivity contribution in [3.63, 3.8) is 0 Å². The number of hydrogen-bond acceptors (Lipinski definition) is 2. The third-order valence-electron chi connectivity index (χ3n) is 2.72. The van der Waals surface area contributed by atoms with Crippen molar-refractivity contribution in [3.8, 4) is 5.75 Å². The molecule has 4 heteroatoms. The van der Waals surface area contributed by atoms with E-state index in [9.17, 15) is 0 Å². The maximum absolute atomic E-state index is 5.69. The molecule has 1 rings (SSSR count). The summed E-state index contributed by atoms with van der Waals surface area (Å²) in [5, 5.41) is 0. The maximum Gasteiger partial charge on any atom is 0.189 e. The molecule has 1 aromatic carbocycles. The molecular formula is C14H23BrO2Si. The summed E-state index contributed by atoms with van der Waals surface area (Å²) >= 11 is 3.54. The van der Waals surface area contributed by atoms with Crippen molar-refractivity contribution in [1.82, 2.24) is 0 Å². The lowest BCUT2D eigenvalue weighted by molar-refractivity contribution is 0.0215. The average Bonchev–Trinajstić information content (AvgIpc) is 2.27. The van der Waals surface area contributed by atoms with Crippen molar-refractivity contribution >= 4 is 24.0 Å². The molecule has 0 radical (unpaired) electrons. The fourth-order valence-electron chi connectivity index (χ4n) is 1.56. The zero-order valence-electron chi connectivity index (χ0n) is 11.8. The van der Waals surface area contributed by atoms with Crippen LogP contribution in [-0.4, -0.2) is 21.5 Å².